The van der Waals surface area contributed by atoms with Gasteiger partial charge >= 0.3 is 0 Å². The van der Waals surface area contributed by atoms with Crippen molar-refractivity contribution in [2.24, 2.45) is 5.92 Å². The van der Waals surface area contributed by atoms with E-state index in [0.717, 1.165) is 18.2 Å². The van der Waals surface area contributed by atoms with Gasteiger partial charge in [0.05, 0.1) is 5.69 Å². The number of benzene rings is 1. The van der Waals surface area contributed by atoms with Crippen LogP contribution in [0.2, 0.25) is 0 Å². The molecule has 1 saturated carbocycles. The van der Waals surface area contributed by atoms with Gasteiger partial charge < -0.3 is 4.90 Å². The van der Waals surface area contributed by atoms with Crippen LogP contribution in [-0.2, 0) is 0 Å². The molecule has 1 aliphatic carbocycles. The van der Waals surface area contributed by atoms with Gasteiger partial charge in [-0.05, 0) is 61.5 Å². The predicted molar refractivity (Wildman–Crippen MR) is 93.1 cm³/mol. The highest BCUT2D eigenvalue weighted by Gasteiger charge is 2.38. The smallest absolute Gasteiger partial charge is 0.271 e. The van der Waals surface area contributed by atoms with E-state index in [4.69, 9.17) is 0 Å². The maximum absolute atomic E-state index is 11.8. The summed E-state index contributed by atoms with van der Waals surface area (Å²) in [6, 6.07) is 11.5. The fourth-order valence-electron chi connectivity index (χ4n) is 3.30. The molecule has 1 aliphatic rings. The number of nitrogens with zero attached hydrogens (tertiary/aromatic N) is 3. The molecule has 2 atom stereocenters. The minimum absolute atomic E-state index is 0.0947. The summed E-state index contributed by atoms with van der Waals surface area (Å²) >= 11 is 0. The van der Waals surface area contributed by atoms with Gasteiger partial charge in [-0.15, -0.1) is 0 Å². The Morgan fingerprint density at radius 2 is 2.00 bits per heavy atom. The van der Waals surface area contributed by atoms with Gasteiger partial charge in [0.1, 0.15) is 0 Å². The maximum atomic E-state index is 11.8. The highest BCUT2D eigenvalue weighted by molar-refractivity contribution is 5.37. The lowest BCUT2D eigenvalue weighted by atomic mass is 10.1. The molecule has 1 heterocycles. The number of hydrogen-bond donors (Lipinski definition) is 0. The monoisotopic (exact) mass is 311 g/mol. The van der Waals surface area contributed by atoms with Crippen molar-refractivity contribution in [1.29, 1.82) is 0 Å². The van der Waals surface area contributed by atoms with Crippen molar-refractivity contribution in [2.45, 2.75) is 32.6 Å². The van der Waals surface area contributed by atoms with Crippen LogP contribution in [0.4, 0.5) is 0 Å². The van der Waals surface area contributed by atoms with E-state index in [1.54, 1.807) is 12.3 Å². The molecule has 4 heteroatoms. The van der Waals surface area contributed by atoms with E-state index in [1.807, 2.05) is 12.1 Å². The van der Waals surface area contributed by atoms with Crippen LogP contribution in [0.25, 0.3) is 5.69 Å². The zero-order valence-electron chi connectivity index (χ0n) is 14.0. The van der Waals surface area contributed by atoms with Crippen molar-refractivity contribution in [3.05, 3.63) is 58.5 Å². The van der Waals surface area contributed by atoms with E-state index in [9.17, 15) is 4.79 Å². The third kappa shape index (κ3) is 3.70. The Labute approximate surface area is 137 Å². The molecule has 2 aromatic rings. The fraction of sp³-hybridized carbons (Fsp3) is 0.474. The Hall–Kier alpha value is -1.94. The first kappa shape index (κ1) is 15.9. The number of aromatic nitrogens is 2. The van der Waals surface area contributed by atoms with Crippen LogP contribution in [0.3, 0.4) is 0 Å². The largest absolute Gasteiger partial charge is 0.303 e. The standard InChI is InChI=1S/C19H25N3O/c1-3-12-21(4-2)14-16-13-18(16)15-7-9-17(10-8-15)22-19(23)6-5-11-20-22/h5-11,16,18H,3-4,12-14H2,1-2H3. The maximum Gasteiger partial charge on any atom is 0.271 e. The van der Waals surface area contributed by atoms with Crippen molar-refractivity contribution >= 4 is 0 Å². The third-order valence-corrected chi connectivity index (χ3v) is 4.68. The Morgan fingerprint density at radius 1 is 1.22 bits per heavy atom. The predicted octanol–water partition coefficient (Wildman–Crippen LogP) is 3.07. The number of hydrogen-bond acceptors (Lipinski definition) is 3. The van der Waals surface area contributed by atoms with Crippen LogP contribution in [0, 0.1) is 5.92 Å². The molecule has 2 unspecified atom stereocenters. The van der Waals surface area contributed by atoms with Crippen LogP contribution >= 0.6 is 0 Å². The minimum Gasteiger partial charge on any atom is -0.303 e. The molecule has 4 nitrogen and oxygen atoms in total. The van der Waals surface area contributed by atoms with Gasteiger partial charge in [-0.3, -0.25) is 4.79 Å². The topological polar surface area (TPSA) is 38.1 Å². The normalized spacial score (nSPS) is 20.0. The Morgan fingerprint density at radius 3 is 2.65 bits per heavy atom. The molecule has 3 rings (SSSR count). The van der Waals surface area contributed by atoms with Crippen LogP contribution in [0.5, 0.6) is 0 Å². The average molecular weight is 311 g/mol. The number of rotatable bonds is 7. The quantitative estimate of drug-likeness (QED) is 0.789. The van der Waals surface area contributed by atoms with E-state index in [-0.39, 0.29) is 5.56 Å². The van der Waals surface area contributed by atoms with Gasteiger partial charge in [0.2, 0.25) is 0 Å². The minimum atomic E-state index is -0.0947. The van der Waals surface area contributed by atoms with Crippen LogP contribution in [-0.4, -0.2) is 34.3 Å². The second kappa shape index (κ2) is 7.09. The van der Waals surface area contributed by atoms with Gasteiger partial charge in [-0.25, -0.2) is 0 Å². The molecule has 23 heavy (non-hydrogen) atoms. The van der Waals surface area contributed by atoms with Crippen molar-refractivity contribution < 1.29 is 0 Å². The van der Waals surface area contributed by atoms with Gasteiger partial charge in [-0.2, -0.15) is 9.78 Å². The molecule has 1 aromatic carbocycles. The van der Waals surface area contributed by atoms with Crippen molar-refractivity contribution in [3.63, 3.8) is 0 Å². The molecule has 1 aromatic heterocycles. The van der Waals surface area contributed by atoms with Crippen molar-refractivity contribution in [2.75, 3.05) is 19.6 Å². The highest BCUT2D eigenvalue weighted by atomic mass is 16.1. The summed E-state index contributed by atoms with van der Waals surface area (Å²) in [7, 11) is 0. The summed E-state index contributed by atoms with van der Waals surface area (Å²) < 4.78 is 1.44. The van der Waals surface area contributed by atoms with E-state index in [2.05, 4.69) is 36.0 Å². The molecule has 0 spiro atoms. The summed E-state index contributed by atoms with van der Waals surface area (Å²) in [5.41, 5.74) is 2.12. The molecule has 0 N–H and O–H groups in total. The van der Waals surface area contributed by atoms with Gasteiger partial charge in [0.25, 0.3) is 5.56 Å². The van der Waals surface area contributed by atoms with Gasteiger partial charge in [0.15, 0.2) is 0 Å². The molecule has 0 amide bonds. The second-order valence-corrected chi connectivity index (χ2v) is 6.36. The molecule has 0 radical (unpaired) electrons. The van der Waals surface area contributed by atoms with Crippen LogP contribution < -0.4 is 5.56 Å². The molecule has 1 fully saturated rings. The summed E-state index contributed by atoms with van der Waals surface area (Å²) in [6.45, 7) is 8.02. The fourth-order valence-corrected chi connectivity index (χ4v) is 3.30. The van der Waals surface area contributed by atoms with E-state index >= 15 is 0 Å². The molecular formula is C19H25N3O. The first-order chi connectivity index (χ1) is 11.2. The lowest BCUT2D eigenvalue weighted by Crippen LogP contribution is -2.26. The van der Waals surface area contributed by atoms with E-state index in [0.29, 0.717) is 5.92 Å². The SMILES string of the molecule is CCCN(CC)CC1CC1c1ccc(-n2ncccc2=O)cc1. The summed E-state index contributed by atoms with van der Waals surface area (Å²) in [6.07, 6.45) is 4.14. The molecule has 0 saturated heterocycles. The van der Waals surface area contributed by atoms with Gasteiger partial charge in [0, 0.05) is 18.8 Å². The summed E-state index contributed by atoms with van der Waals surface area (Å²) in [4.78, 5) is 14.4. The Balaban J connectivity index is 1.65. The summed E-state index contributed by atoms with van der Waals surface area (Å²) in [5, 5.41) is 4.12. The highest BCUT2D eigenvalue weighted by Crippen LogP contribution is 2.47. The van der Waals surface area contributed by atoms with Gasteiger partial charge in [-0.1, -0.05) is 26.0 Å². The first-order valence-corrected chi connectivity index (χ1v) is 8.60. The molecular weight excluding hydrogens is 286 g/mol. The Bertz CT molecular complexity index is 692. The van der Waals surface area contributed by atoms with E-state index < -0.39 is 0 Å². The van der Waals surface area contributed by atoms with Crippen LogP contribution in [0.15, 0.2) is 47.4 Å². The first-order valence-electron chi connectivity index (χ1n) is 8.60. The zero-order chi connectivity index (χ0) is 16.2. The Kier molecular flexibility index (Phi) is 4.91. The molecule has 0 aliphatic heterocycles. The molecule has 0 bridgehead atoms. The molecule has 122 valence electrons. The van der Waals surface area contributed by atoms with Crippen molar-refractivity contribution in [3.8, 4) is 5.69 Å². The van der Waals surface area contributed by atoms with E-state index in [1.165, 1.54) is 42.2 Å². The van der Waals surface area contributed by atoms with Crippen LogP contribution in [0.1, 0.15) is 38.2 Å². The lowest BCUT2D eigenvalue weighted by Gasteiger charge is -2.19. The lowest BCUT2D eigenvalue weighted by molar-refractivity contribution is 0.275. The summed E-state index contributed by atoms with van der Waals surface area (Å²) in [5.74, 6) is 1.46. The van der Waals surface area contributed by atoms with Crippen molar-refractivity contribution in [1.82, 2.24) is 14.7 Å². The third-order valence-electron chi connectivity index (χ3n) is 4.68. The average Bonchev–Trinajstić information content (AvgIpc) is 3.34. The second-order valence-electron chi connectivity index (χ2n) is 6.36. The zero-order valence-corrected chi connectivity index (χ0v) is 14.0.